The average molecular weight is 253 g/mol. The fraction of sp³-hybridized carbons (Fsp3) is 0.769. The highest BCUT2D eigenvalue weighted by molar-refractivity contribution is 7.09. The quantitative estimate of drug-likeness (QED) is 0.812. The van der Waals surface area contributed by atoms with Gasteiger partial charge in [-0.2, -0.15) is 0 Å². The second-order valence-electron chi connectivity index (χ2n) is 5.14. The van der Waals surface area contributed by atoms with Gasteiger partial charge in [0.2, 0.25) is 0 Å². The fourth-order valence-corrected chi connectivity index (χ4v) is 2.82. The van der Waals surface area contributed by atoms with E-state index in [1.54, 1.807) is 11.3 Å². The van der Waals surface area contributed by atoms with Crippen molar-refractivity contribution in [1.29, 1.82) is 0 Å². The van der Waals surface area contributed by atoms with Crippen molar-refractivity contribution >= 4 is 11.3 Å². The Bertz CT molecular complexity index is 344. The summed E-state index contributed by atoms with van der Waals surface area (Å²) in [4.78, 5) is 7.15. The average Bonchev–Trinajstić information content (AvgIpc) is 2.95. The van der Waals surface area contributed by atoms with E-state index in [0.29, 0.717) is 0 Å². The standard InChI is InChI=1S/C13H23N3S/c1-3-6-16(7-11-4-5-11)8-12-9-17-13(15-12)10(2)14/h9-11H,3-8,14H2,1-2H3. The first-order valence-electron chi connectivity index (χ1n) is 6.61. The third-order valence-electron chi connectivity index (χ3n) is 3.10. The lowest BCUT2D eigenvalue weighted by Crippen LogP contribution is -2.26. The molecule has 1 aromatic rings. The van der Waals surface area contributed by atoms with Crippen molar-refractivity contribution in [2.75, 3.05) is 13.1 Å². The smallest absolute Gasteiger partial charge is 0.109 e. The van der Waals surface area contributed by atoms with E-state index in [0.717, 1.165) is 17.5 Å². The zero-order chi connectivity index (χ0) is 12.3. The molecule has 3 nitrogen and oxygen atoms in total. The molecule has 0 spiro atoms. The molecule has 1 saturated carbocycles. The van der Waals surface area contributed by atoms with Crippen molar-refractivity contribution in [3.8, 4) is 0 Å². The Morgan fingerprint density at radius 2 is 2.35 bits per heavy atom. The first kappa shape index (κ1) is 13.0. The summed E-state index contributed by atoms with van der Waals surface area (Å²) in [6.07, 6.45) is 4.06. The van der Waals surface area contributed by atoms with Gasteiger partial charge < -0.3 is 5.73 Å². The summed E-state index contributed by atoms with van der Waals surface area (Å²) < 4.78 is 0. The maximum atomic E-state index is 5.84. The summed E-state index contributed by atoms with van der Waals surface area (Å²) in [6, 6.07) is 0.0665. The van der Waals surface area contributed by atoms with Gasteiger partial charge in [-0.1, -0.05) is 6.92 Å². The molecule has 1 heterocycles. The van der Waals surface area contributed by atoms with Gasteiger partial charge in [-0.25, -0.2) is 4.98 Å². The molecule has 1 aliphatic rings. The minimum Gasteiger partial charge on any atom is -0.322 e. The van der Waals surface area contributed by atoms with Crippen LogP contribution in [0, 0.1) is 5.92 Å². The molecule has 0 aliphatic heterocycles. The molecule has 0 amide bonds. The minimum atomic E-state index is 0.0665. The number of aromatic nitrogens is 1. The number of nitrogens with two attached hydrogens (primary N) is 1. The third kappa shape index (κ3) is 4.05. The Morgan fingerprint density at radius 3 is 2.88 bits per heavy atom. The number of thiazole rings is 1. The number of hydrogen-bond acceptors (Lipinski definition) is 4. The van der Waals surface area contributed by atoms with E-state index in [1.807, 2.05) is 6.92 Å². The van der Waals surface area contributed by atoms with E-state index in [-0.39, 0.29) is 6.04 Å². The van der Waals surface area contributed by atoms with Crippen LogP contribution in [0.5, 0.6) is 0 Å². The van der Waals surface area contributed by atoms with Crippen LogP contribution < -0.4 is 5.73 Å². The molecule has 0 aromatic carbocycles. The van der Waals surface area contributed by atoms with Gasteiger partial charge in [0.25, 0.3) is 0 Å². The van der Waals surface area contributed by atoms with Crippen molar-refractivity contribution < 1.29 is 0 Å². The Kier molecular flexibility index (Phi) is 4.54. The van der Waals surface area contributed by atoms with Gasteiger partial charge in [0.05, 0.1) is 11.7 Å². The van der Waals surface area contributed by atoms with E-state index >= 15 is 0 Å². The van der Waals surface area contributed by atoms with E-state index < -0.39 is 0 Å². The number of rotatable bonds is 7. The van der Waals surface area contributed by atoms with Crippen molar-refractivity contribution in [3.05, 3.63) is 16.1 Å². The lowest BCUT2D eigenvalue weighted by Gasteiger charge is -2.20. The molecule has 1 fully saturated rings. The fourth-order valence-electron chi connectivity index (χ4n) is 2.05. The Hall–Kier alpha value is -0.450. The van der Waals surface area contributed by atoms with Crippen molar-refractivity contribution in [1.82, 2.24) is 9.88 Å². The summed E-state index contributed by atoms with van der Waals surface area (Å²) in [5, 5.41) is 3.22. The van der Waals surface area contributed by atoms with Gasteiger partial charge in [0, 0.05) is 18.5 Å². The molecule has 0 radical (unpaired) electrons. The molecule has 1 aromatic heterocycles. The Labute approximate surface area is 108 Å². The third-order valence-corrected chi connectivity index (χ3v) is 4.19. The predicted octanol–water partition coefficient (Wildman–Crippen LogP) is 2.78. The van der Waals surface area contributed by atoms with Crippen molar-refractivity contribution in [3.63, 3.8) is 0 Å². The molecular formula is C13H23N3S. The lowest BCUT2D eigenvalue weighted by atomic mass is 10.3. The second-order valence-corrected chi connectivity index (χ2v) is 6.03. The van der Waals surface area contributed by atoms with Crippen molar-refractivity contribution in [2.24, 2.45) is 11.7 Å². The highest BCUT2D eigenvalue weighted by atomic mass is 32.1. The molecule has 17 heavy (non-hydrogen) atoms. The number of nitrogens with zero attached hydrogens (tertiary/aromatic N) is 2. The zero-order valence-corrected chi connectivity index (χ0v) is 11.7. The predicted molar refractivity (Wildman–Crippen MR) is 73.0 cm³/mol. The van der Waals surface area contributed by atoms with Crippen LogP contribution in [0.2, 0.25) is 0 Å². The van der Waals surface area contributed by atoms with E-state index in [4.69, 9.17) is 5.73 Å². The van der Waals surface area contributed by atoms with E-state index in [2.05, 4.69) is 22.2 Å². The second kappa shape index (κ2) is 5.94. The maximum absolute atomic E-state index is 5.84. The summed E-state index contributed by atoms with van der Waals surface area (Å²) in [7, 11) is 0. The van der Waals surface area contributed by atoms with Crippen LogP contribution in [0.1, 0.15) is 49.9 Å². The van der Waals surface area contributed by atoms with Crippen LogP contribution in [0.4, 0.5) is 0 Å². The monoisotopic (exact) mass is 253 g/mol. The molecule has 4 heteroatoms. The van der Waals surface area contributed by atoms with E-state index in [1.165, 1.54) is 38.0 Å². The van der Waals surface area contributed by atoms with E-state index in [9.17, 15) is 0 Å². The highest BCUT2D eigenvalue weighted by Gasteiger charge is 2.24. The highest BCUT2D eigenvalue weighted by Crippen LogP contribution is 2.30. The summed E-state index contributed by atoms with van der Waals surface area (Å²) in [5.74, 6) is 0.952. The van der Waals surface area contributed by atoms with Gasteiger partial charge in [-0.3, -0.25) is 4.90 Å². The van der Waals surface area contributed by atoms with Gasteiger partial charge in [0.15, 0.2) is 0 Å². The largest absolute Gasteiger partial charge is 0.322 e. The van der Waals surface area contributed by atoms with Crippen LogP contribution in [0.15, 0.2) is 5.38 Å². The van der Waals surface area contributed by atoms with Gasteiger partial charge in [-0.05, 0) is 38.6 Å². The maximum Gasteiger partial charge on any atom is 0.109 e. The minimum absolute atomic E-state index is 0.0665. The summed E-state index contributed by atoms with van der Waals surface area (Å²) in [6.45, 7) is 7.67. The van der Waals surface area contributed by atoms with Gasteiger partial charge in [0.1, 0.15) is 5.01 Å². The topological polar surface area (TPSA) is 42.1 Å². The van der Waals surface area contributed by atoms with Crippen LogP contribution in [-0.4, -0.2) is 23.0 Å². The van der Waals surface area contributed by atoms with Crippen LogP contribution in [-0.2, 0) is 6.54 Å². The summed E-state index contributed by atoms with van der Waals surface area (Å²) in [5.41, 5.74) is 7.03. The van der Waals surface area contributed by atoms with Crippen LogP contribution in [0.3, 0.4) is 0 Å². The van der Waals surface area contributed by atoms with Crippen LogP contribution >= 0.6 is 11.3 Å². The number of hydrogen-bond donors (Lipinski definition) is 1. The molecule has 0 saturated heterocycles. The van der Waals surface area contributed by atoms with Gasteiger partial charge >= 0.3 is 0 Å². The molecular weight excluding hydrogens is 230 g/mol. The molecule has 96 valence electrons. The molecule has 0 bridgehead atoms. The van der Waals surface area contributed by atoms with Crippen molar-refractivity contribution in [2.45, 2.75) is 45.7 Å². The Balaban J connectivity index is 1.90. The first-order valence-corrected chi connectivity index (χ1v) is 7.49. The Morgan fingerprint density at radius 1 is 1.59 bits per heavy atom. The first-order chi connectivity index (χ1) is 8.19. The van der Waals surface area contributed by atoms with Crippen LogP contribution in [0.25, 0.3) is 0 Å². The SMILES string of the molecule is CCCN(Cc1csc(C(C)N)n1)CC1CC1. The molecule has 2 rings (SSSR count). The molecule has 1 aliphatic carbocycles. The molecule has 2 N–H and O–H groups in total. The zero-order valence-electron chi connectivity index (χ0n) is 10.9. The molecule has 1 atom stereocenters. The summed E-state index contributed by atoms with van der Waals surface area (Å²) >= 11 is 1.69. The van der Waals surface area contributed by atoms with Gasteiger partial charge in [-0.15, -0.1) is 11.3 Å². The lowest BCUT2D eigenvalue weighted by molar-refractivity contribution is 0.252. The molecule has 1 unspecified atom stereocenters. The normalized spacial score (nSPS) is 17.6.